The second kappa shape index (κ2) is 3.55. The van der Waals surface area contributed by atoms with E-state index in [0.29, 0.717) is 10.9 Å². The third-order valence-corrected chi connectivity index (χ3v) is 2.29. The fourth-order valence-corrected chi connectivity index (χ4v) is 1.58. The molecule has 0 spiro atoms. The van der Waals surface area contributed by atoms with Gasteiger partial charge >= 0.3 is 0 Å². The Morgan fingerprint density at radius 2 is 2.13 bits per heavy atom. The van der Waals surface area contributed by atoms with Crippen LogP contribution < -0.4 is 5.73 Å². The van der Waals surface area contributed by atoms with E-state index in [4.69, 9.17) is 5.73 Å². The van der Waals surface area contributed by atoms with Gasteiger partial charge < -0.3 is 5.73 Å². The summed E-state index contributed by atoms with van der Waals surface area (Å²) >= 11 is 0. The van der Waals surface area contributed by atoms with Gasteiger partial charge in [-0.05, 0) is 19.1 Å². The van der Waals surface area contributed by atoms with Gasteiger partial charge in [0.2, 0.25) is 0 Å². The van der Waals surface area contributed by atoms with Crippen molar-refractivity contribution in [1.82, 2.24) is 4.98 Å². The van der Waals surface area contributed by atoms with Crippen LogP contribution in [0.3, 0.4) is 0 Å². The summed E-state index contributed by atoms with van der Waals surface area (Å²) in [6.45, 7) is 1.55. The van der Waals surface area contributed by atoms with E-state index >= 15 is 0 Å². The molecule has 0 bridgehead atoms. The summed E-state index contributed by atoms with van der Waals surface area (Å²) < 4.78 is 27.3. The summed E-state index contributed by atoms with van der Waals surface area (Å²) in [5.74, 6) is -1.26. The Bertz CT molecular complexity index is 509. The van der Waals surface area contributed by atoms with Gasteiger partial charge in [0.25, 0.3) is 0 Å². The fraction of sp³-hybridized carbons (Fsp3) is 0.182. The molecule has 0 radical (unpaired) electrons. The summed E-state index contributed by atoms with van der Waals surface area (Å²) in [5, 5.41) is 0.297. The van der Waals surface area contributed by atoms with Crippen molar-refractivity contribution >= 4 is 10.9 Å². The van der Waals surface area contributed by atoms with Crippen molar-refractivity contribution in [1.29, 1.82) is 0 Å². The van der Waals surface area contributed by atoms with E-state index in [2.05, 4.69) is 4.98 Å². The number of halogens is 2. The van der Waals surface area contributed by atoms with Gasteiger partial charge in [-0.25, -0.2) is 8.78 Å². The van der Waals surface area contributed by atoms with Gasteiger partial charge in [-0.15, -0.1) is 0 Å². The SMILES string of the molecule is CC(N)c1c(F)cc2ncccc2c1F. The zero-order chi connectivity index (χ0) is 11.0. The van der Waals surface area contributed by atoms with Crippen molar-refractivity contribution in [3.8, 4) is 0 Å². The minimum atomic E-state index is -0.672. The largest absolute Gasteiger partial charge is 0.324 e. The Balaban J connectivity index is 2.84. The third kappa shape index (κ3) is 1.57. The number of aromatic nitrogens is 1. The number of fused-ring (bicyclic) bond motifs is 1. The van der Waals surface area contributed by atoms with Gasteiger partial charge in [0.15, 0.2) is 0 Å². The van der Waals surface area contributed by atoms with Crippen molar-refractivity contribution in [2.75, 3.05) is 0 Å². The number of pyridine rings is 1. The molecule has 1 aromatic heterocycles. The van der Waals surface area contributed by atoms with Crippen molar-refractivity contribution < 1.29 is 8.78 Å². The lowest BCUT2D eigenvalue weighted by molar-refractivity contribution is 0.544. The van der Waals surface area contributed by atoms with E-state index in [1.165, 1.54) is 12.3 Å². The molecule has 0 aliphatic rings. The first-order valence-corrected chi connectivity index (χ1v) is 4.59. The highest BCUT2D eigenvalue weighted by Gasteiger charge is 2.16. The summed E-state index contributed by atoms with van der Waals surface area (Å²) in [6.07, 6.45) is 1.49. The molecule has 0 aliphatic heterocycles. The minimum absolute atomic E-state index is 0.0875. The number of nitrogens with zero attached hydrogens (tertiary/aromatic N) is 1. The van der Waals surface area contributed by atoms with Gasteiger partial charge in [0, 0.05) is 29.3 Å². The number of benzene rings is 1. The summed E-state index contributed by atoms with van der Waals surface area (Å²) in [6, 6.07) is 3.70. The monoisotopic (exact) mass is 208 g/mol. The van der Waals surface area contributed by atoms with Crippen molar-refractivity contribution in [3.63, 3.8) is 0 Å². The maximum absolute atomic E-state index is 13.8. The summed E-state index contributed by atoms with van der Waals surface area (Å²) in [5.41, 5.74) is 5.72. The first-order chi connectivity index (χ1) is 7.11. The minimum Gasteiger partial charge on any atom is -0.324 e. The molecule has 2 aromatic rings. The number of hydrogen-bond donors (Lipinski definition) is 1. The van der Waals surface area contributed by atoms with E-state index < -0.39 is 17.7 Å². The Morgan fingerprint density at radius 3 is 2.80 bits per heavy atom. The topological polar surface area (TPSA) is 38.9 Å². The fourth-order valence-electron chi connectivity index (χ4n) is 1.58. The third-order valence-electron chi connectivity index (χ3n) is 2.29. The maximum atomic E-state index is 13.8. The molecule has 0 aliphatic carbocycles. The summed E-state index contributed by atoms with van der Waals surface area (Å²) in [7, 11) is 0. The number of nitrogens with two attached hydrogens (primary N) is 1. The van der Waals surface area contributed by atoms with E-state index in [1.54, 1.807) is 19.1 Å². The average Bonchev–Trinajstić information content (AvgIpc) is 2.17. The van der Waals surface area contributed by atoms with Gasteiger partial charge in [-0.1, -0.05) is 0 Å². The quantitative estimate of drug-likeness (QED) is 0.782. The van der Waals surface area contributed by atoms with Gasteiger partial charge in [-0.3, -0.25) is 4.98 Å². The molecule has 1 heterocycles. The van der Waals surface area contributed by atoms with Crippen molar-refractivity contribution in [2.24, 2.45) is 5.73 Å². The van der Waals surface area contributed by atoms with E-state index in [-0.39, 0.29) is 5.56 Å². The molecule has 15 heavy (non-hydrogen) atoms. The standard InChI is InChI=1S/C11H10F2N2/c1-6(14)10-8(12)5-9-7(11(10)13)3-2-4-15-9/h2-6H,14H2,1H3. The zero-order valence-electron chi connectivity index (χ0n) is 8.17. The molecular formula is C11H10F2N2. The average molecular weight is 208 g/mol. The normalized spacial score (nSPS) is 13.1. The Kier molecular flexibility index (Phi) is 2.36. The van der Waals surface area contributed by atoms with Crippen molar-refractivity contribution in [3.05, 3.63) is 41.6 Å². The van der Waals surface area contributed by atoms with Crippen LogP contribution in [0.2, 0.25) is 0 Å². The second-order valence-corrected chi connectivity index (χ2v) is 3.44. The molecule has 1 unspecified atom stereocenters. The molecule has 0 amide bonds. The van der Waals surface area contributed by atoms with Crippen LogP contribution in [0.1, 0.15) is 18.5 Å². The molecule has 4 heteroatoms. The second-order valence-electron chi connectivity index (χ2n) is 3.44. The first kappa shape index (κ1) is 9.98. The molecule has 0 fully saturated rings. The summed E-state index contributed by atoms with van der Waals surface area (Å²) in [4.78, 5) is 3.88. The Morgan fingerprint density at radius 1 is 1.40 bits per heavy atom. The van der Waals surface area contributed by atoms with Gasteiger partial charge in [0.1, 0.15) is 11.6 Å². The van der Waals surface area contributed by atoms with Crippen LogP contribution in [0.4, 0.5) is 8.78 Å². The van der Waals surface area contributed by atoms with Gasteiger partial charge in [0.05, 0.1) is 5.52 Å². The highest BCUT2D eigenvalue weighted by Crippen LogP contribution is 2.25. The highest BCUT2D eigenvalue weighted by atomic mass is 19.1. The van der Waals surface area contributed by atoms with E-state index in [1.807, 2.05) is 0 Å². The Hall–Kier alpha value is -1.55. The first-order valence-electron chi connectivity index (χ1n) is 4.59. The Labute approximate surface area is 85.7 Å². The van der Waals surface area contributed by atoms with Crippen LogP contribution in [-0.4, -0.2) is 4.98 Å². The lowest BCUT2D eigenvalue weighted by Crippen LogP contribution is -2.10. The lowest BCUT2D eigenvalue weighted by atomic mass is 10.0. The molecule has 2 rings (SSSR count). The predicted octanol–water partition coefficient (Wildman–Crippen LogP) is 2.53. The molecule has 2 N–H and O–H groups in total. The highest BCUT2D eigenvalue weighted by molar-refractivity contribution is 5.80. The number of hydrogen-bond acceptors (Lipinski definition) is 2. The predicted molar refractivity (Wildman–Crippen MR) is 54.3 cm³/mol. The lowest BCUT2D eigenvalue weighted by Gasteiger charge is -2.10. The van der Waals surface area contributed by atoms with E-state index in [9.17, 15) is 8.78 Å². The molecule has 1 aromatic carbocycles. The maximum Gasteiger partial charge on any atom is 0.140 e. The van der Waals surface area contributed by atoms with Crippen molar-refractivity contribution in [2.45, 2.75) is 13.0 Å². The smallest absolute Gasteiger partial charge is 0.140 e. The van der Waals surface area contributed by atoms with Crippen LogP contribution in [0, 0.1) is 11.6 Å². The molecule has 2 nitrogen and oxygen atoms in total. The van der Waals surface area contributed by atoms with Crippen LogP contribution >= 0.6 is 0 Å². The zero-order valence-corrected chi connectivity index (χ0v) is 8.17. The van der Waals surface area contributed by atoms with Crippen LogP contribution in [0.25, 0.3) is 10.9 Å². The molecule has 0 saturated heterocycles. The molecule has 1 atom stereocenters. The molecular weight excluding hydrogens is 198 g/mol. The molecule has 0 saturated carbocycles. The van der Waals surface area contributed by atoms with Crippen LogP contribution in [0.5, 0.6) is 0 Å². The molecule has 78 valence electrons. The van der Waals surface area contributed by atoms with Crippen LogP contribution in [-0.2, 0) is 0 Å². The number of rotatable bonds is 1. The van der Waals surface area contributed by atoms with Crippen LogP contribution in [0.15, 0.2) is 24.4 Å². The van der Waals surface area contributed by atoms with Gasteiger partial charge in [-0.2, -0.15) is 0 Å². The van der Waals surface area contributed by atoms with E-state index in [0.717, 1.165) is 0 Å².